The molecule has 0 bridgehead atoms. The summed E-state index contributed by atoms with van der Waals surface area (Å²) in [5, 5.41) is 8.15. The highest BCUT2D eigenvalue weighted by Crippen LogP contribution is 2.23. The summed E-state index contributed by atoms with van der Waals surface area (Å²) < 4.78 is 18.4. The zero-order valence-electron chi connectivity index (χ0n) is 18.6. The van der Waals surface area contributed by atoms with Gasteiger partial charge in [0.1, 0.15) is 23.9 Å². The lowest BCUT2D eigenvalue weighted by Gasteiger charge is -2.07. The van der Waals surface area contributed by atoms with Crippen LogP contribution in [0.25, 0.3) is 0 Å². The summed E-state index contributed by atoms with van der Waals surface area (Å²) >= 11 is 6.09. The van der Waals surface area contributed by atoms with Crippen molar-refractivity contribution in [1.82, 2.24) is 9.78 Å². The van der Waals surface area contributed by atoms with Crippen LogP contribution in [0.15, 0.2) is 65.1 Å². The monoisotopic (exact) mass is 465 g/mol. The van der Waals surface area contributed by atoms with Gasteiger partial charge < -0.3 is 19.2 Å². The molecule has 0 unspecified atom stereocenters. The van der Waals surface area contributed by atoms with Gasteiger partial charge in [0.05, 0.1) is 30.7 Å². The fourth-order valence-electron chi connectivity index (χ4n) is 3.44. The summed E-state index contributed by atoms with van der Waals surface area (Å²) in [6.45, 7) is 4.51. The zero-order chi connectivity index (χ0) is 23.4. The molecule has 0 radical (unpaired) electrons. The molecule has 1 amide bonds. The lowest BCUT2D eigenvalue weighted by Crippen LogP contribution is -2.12. The zero-order valence-corrected chi connectivity index (χ0v) is 19.3. The van der Waals surface area contributed by atoms with Gasteiger partial charge in [0.15, 0.2) is 5.76 Å². The molecule has 7 nitrogen and oxygen atoms in total. The number of aromatic nitrogens is 2. The molecule has 0 atom stereocenters. The van der Waals surface area contributed by atoms with Gasteiger partial charge in [0.2, 0.25) is 0 Å². The summed E-state index contributed by atoms with van der Waals surface area (Å²) in [6, 6.07) is 18.2. The second kappa shape index (κ2) is 9.83. The molecule has 2 aromatic carbocycles. The van der Waals surface area contributed by atoms with Crippen LogP contribution in [-0.2, 0) is 13.2 Å². The number of halogens is 1. The van der Waals surface area contributed by atoms with Crippen molar-refractivity contribution in [3.63, 3.8) is 0 Å². The van der Waals surface area contributed by atoms with Gasteiger partial charge in [-0.3, -0.25) is 9.48 Å². The molecule has 0 spiro atoms. The number of nitrogens with zero attached hydrogens (tertiary/aromatic N) is 2. The van der Waals surface area contributed by atoms with E-state index >= 15 is 0 Å². The van der Waals surface area contributed by atoms with E-state index in [2.05, 4.69) is 10.4 Å². The number of hydrogen-bond donors (Lipinski definition) is 1. The van der Waals surface area contributed by atoms with Gasteiger partial charge in [-0.25, -0.2) is 0 Å². The van der Waals surface area contributed by atoms with Crippen LogP contribution in [0.3, 0.4) is 0 Å². The first-order valence-corrected chi connectivity index (χ1v) is 10.8. The summed E-state index contributed by atoms with van der Waals surface area (Å²) in [5.41, 5.74) is 3.25. The van der Waals surface area contributed by atoms with E-state index in [4.69, 9.17) is 25.5 Å². The molecule has 33 heavy (non-hydrogen) atoms. The van der Waals surface area contributed by atoms with Crippen LogP contribution in [0.2, 0.25) is 5.02 Å². The number of ether oxygens (including phenoxy) is 2. The summed E-state index contributed by atoms with van der Waals surface area (Å²) in [5.74, 6) is 1.73. The van der Waals surface area contributed by atoms with Crippen molar-refractivity contribution < 1.29 is 18.7 Å². The average molecular weight is 466 g/mol. The van der Waals surface area contributed by atoms with Crippen LogP contribution < -0.4 is 14.8 Å². The van der Waals surface area contributed by atoms with Crippen LogP contribution in [-0.4, -0.2) is 22.8 Å². The number of benzene rings is 2. The molecule has 2 heterocycles. The quantitative estimate of drug-likeness (QED) is 0.364. The van der Waals surface area contributed by atoms with Crippen LogP contribution in [0, 0.1) is 13.8 Å². The smallest absolute Gasteiger partial charge is 0.291 e. The van der Waals surface area contributed by atoms with Crippen LogP contribution in [0.1, 0.15) is 33.3 Å². The van der Waals surface area contributed by atoms with E-state index in [1.807, 2.05) is 61.0 Å². The maximum Gasteiger partial charge on any atom is 0.291 e. The molecule has 4 rings (SSSR count). The van der Waals surface area contributed by atoms with E-state index < -0.39 is 0 Å². The molecule has 0 aliphatic heterocycles. The van der Waals surface area contributed by atoms with E-state index in [1.165, 1.54) is 0 Å². The topological polar surface area (TPSA) is 78.5 Å². The van der Waals surface area contributed by atoms with Gasteiger partial charge in [-0.1, -0.05) is 29.8 Å². The Morgan fingerprint density at radius 3 is 2.67 bits per heavy atom. The Hall–Kier alpha value is -3.71. The van der Waals surface area contributed by atoms with Gasteiger partial charge in [-0.05, 0) is 55.8 Å². The number of amides is 1. The Labute approximate surface area is 196 Å². The Balaban J connectivity index is 1.41. The molecule has 0 saturated carbocycles. The highest BCUT2D eigenvalue weighted by molar-refractivity contribution is 6.30. The Morgan fingerprint density at radius 1 is 1.09 bits per heavy atom. The minimum atomic E-state index is -0.351. The fraction of sp³-hybridized carbons (Fsp3) is 0.200. The van der Waals surface area contributed by atoms with Gasteiger partial charge in [-0.15, -0.1) is 0 Å². The number of carbonyl (C=O) groups excluding carboxylic acids is 1. The molecule has 0 aliphatic carbocycles. The number of aryl methyl sites for hydroxylation is 1. The van der Waals surface area contributed by atoms with Crippen molar-refractivity contribution in [3.05, 3.63) is 94.2 Å². The molecular formula is C25H24ClN3O4. The fourth-order valence-corrected chi connectivity index (χ4v) is 3.65. The number of nitrogens with one attached hydrogen (secondary N) is 1. The van der Waals surface area contributed by atoms with Gasteiger partial charge in [0, 0.05) is 11.1 Å². The van der Waals surface area contributed by atoms with Crippen LogP contribution in [0.4, 0.5) is 5.69 Å². The molecule has 4 aromatic rings. The predicted molar refractivity (Wildman–Crippen MR) is 126 cm³/mol. The highest BCUT2D eigenvalue weighted by Gasteiger charge is 2.18. The van der Waals surface area contributed by atoms with E-state index in [0.717, 1.165) is 17.0 Å². The lowest BCUT2D eigenvalue weighted by molar-refractivity contribution is 0.0992. The molecule has 8 heteroatoms. The van der Waals surface area contributed by atoms with Crippen molar-refractivity contribution >= 4 is 23.2 Å². The number of carbonyl (C=O) groups is 1. The van der Waals surface area contributed by atoms with Gasteiger partial charge in [-0.2, -0.15) is 5.10 Å². The second-order valence-corrected chi connectivity index (χ2v) is 7.96. The largest absolute Gasteiger partial charge is 0.497 e. The molecule has 170 valence electrons. The molecule has 0 aliphatic rings. The summed E-state index contributed by atoms with van der Waals surface area (Å²) in [4.78, 5) is 12.8. The maximum atomic E-state index is 12.8. The Bertz CT molecular complexity index is 1280. The van der Waals surface area contributed by atoms with Gasteiger partial charge in [0.25, 0.3) is 5.91 Å². The number of anilines is 1. The Morgan fingerprint density at radius 2 is 1.88 bits per heavy atom. The first-order valence-electron chi connectivity index (χ1n) is 10.4. The van der Waals surface area contributed by atoms with Crippen molar-refractivity contribution in [2.45, 2.75) is 27.0 Å². The number of hydrogen-bond acceptors (Lipinski definition) is 5. The minimum absolute atomic E-state index is 0.191. The number of rotatable bonds is 8. The van der Waals surface area contributed by atoms with Crippen molar-refractivity contribution in [2.75, 3.05) is 12.4 Å². The third-order valence-electron chi connectivity index (χ3n) is 5.15. The third-order valence-corrected chi connectivity index (χ3v) is 5.38. The lowest BCUT2D eigenvalue weighted by atomic mass is 10.2. The highest BCUT2D eigenvalue weighted by atomic mass is 35.5. The van der Waals surface area contributed by atoms with Crippen LogP contribution >= 0.6 is 11.6 Å². The standard InChI is InChI=1S/C25H24ClN3O4/c1-16-24(17(2)29(28-16)14-18-6-4-7-19(26)12-18)27-25(30)23-11-10-22(33-23)15-32-21-9-5-8-20(13-21)31-3/h4-13H,14-15H2,1-3H3,(H,27,30). The average Bonchev–Trinajstić information content (AvgIpc) is 3.38. The van der Waals surface area contributed by atoms with Crippen molar-refractivity contribution in [2.24, 2.45) is 0 Å². The van der Waals surface area contributed by atoms with Crippen LogP contribution in [0.5, 0.6) is 11.5 Å². The van der Waals surface area contributed by atoms with E-state index in [-0.39, 0.29) is 18.3 Å². The molecule has 0 fully saturated rings. The normalized spacial score (nSPS) is 10.8. The maximum absolute atomic E-state index is 12.8. The number of furan rings is 1. The summed E-state index contributed by atoms with van der Waals surface area (Å²) in [7, 11) is 1.60. The molecular weight excluding hydrogens is 442 g/mol. The van der Waals surface area contributed by atoms with Crippen molar-refractivity contribution in [3.8, 4) is 11.5 Å². The third kappa shape index (κ3) is 5.38. The second-order valence-electron chi connectivity index (χ2n) is 7.52. The van der Waals surface area contributed by atoms with E-state index in [9.17, 15) is 4.79 Å². The minimum Gasteiger partial charge on any atom is -0.497 e. The molecule has 2 aromatic heterocycles. The van der Waals surface area contributed by atoms with Crippen molar-refractivity contribution in [1.29, 1.82) is 0 Å². The molecule has 1 N–H and O–H groups in total. The SMILES string of the molecule is COc1cccc(OCc2ccc(C(=O)Nc3c(C)nn(Cc4cccc(Cl)c4)c3C)o2)c1. The van der Waals surface area contributed by atoms with Gasteiger partial charge >= 0.3 is 0 Å². The summed E-state index contributed by atoms with van der Waals surface area (Å²) in [6.07, 6.45) is 0. The predicted octanol–water partition coefficient (Wildman–Crippen LogP) is 5.63. The first-order chi connectivity index (χ1) is 15.9. The van der Waals surface area contributed by atoms with E-state index in [0.29, 0.717) is 34.5 Å². The number of methoxy groups -OCH3 is 1. The Kier molecular flexibility index (Phi) is 6.70. The molecule has 0 saturated heterocycles. The first kappa shape index (κ1) is 22.5. The van der Waals surface area contributed by atoms with E-state index in [1.54, 1.807) is 25.3 Å².